The van der Waals surface area contributed by atoms with Gasteiger partial charge in [0.1, 0.15) is 25.3 Å². The number of carbonyl (C=O) groups excluding carboxylic acids is 1. The molecule has 37 heavy (non-hydrogen) atoms. The number of hydrogen-bond donors (Lipinski definition) is 0. The third-order valence-electron chi connectivity index (χ3n) is 7.09. The maximum absolute atomic E-state index is 13.9. The molecule has 7 heteroatoms. The van der Waals surface area contributed by atoms with Crippen molar-refractivity contribution in [3.8, 4) is 11.1 Å². The van der Waals surface area contributed by atoms with Crippen LogP contribution in [0.4, 0.5) is 5.69 Å². The van der Waals surface area contributed by atoms with Crippen LogP contribution in [0.3, 0.4) is 0 Å². The number of nitrogens with zero attached hydrogens (tertiary/aromatic N) is 3. The number of carboxylic acid groups (broad SMARTS) is 1. The lowest BCUT2D eigenvalue weighted by atomic mass is 9.93. The highest BCUT2D eigenvalue weighted by Crippen LogP contribution is 2.39. The Morgan fingerprint density at radius 1 is 1.00 bits per heavy atom. The molecule has 0 bridgehead atoms. The van der Waals surface area contributed by atoms with Gasteiger partial charge in [0.15, 0.2) is 0 Å². The summed E-state index contributed by atoms with van der Waals surface area (Å²) in [5.74, 6) is -1.30. The Morgan fingerprint density at radius 3 is 2.38 bits per heavy atom. The number of carboxylic acids is 1. The van der Waals surface area contributed by atoms with Gasteiger partial charge >= 0.3 is 0 Å². The summed E-state index contributed by atoms with van der Waals surface area (Å²) < 4.78 is 10.1. The van der Waals surface area contributed by atoms with E-state index in [0.29, 0.717) is 33.1 Å². The third-order valence-corrected chi connectivity index (χ3v) is 7.09. The molecule has 0 aliphatic heterocycles. The molecule has 0 N–H and O–H groups in total. The maximum atomic E-state index is 13.9. The van der Waals surface area contributed by atoms with Crippen molar-refractivity contribution in [2.45, 2.75) is 13.8 Å². The molecule has 0 spiro atoms. The van der Waals surface area contributed by atoms with Crippen LogP contribution in [-0.4, -0.2) is 37.7 Å². The van der Waals surface area contributed by atoms with E-state index in [1.807, 2.05) is 55.1 Å². The summed E-state index contributed by atoms with van der Waals surface area (Å²) in [5, 5.41) is 14.8. The molecule has 2 aromatic heterocycles. The Balaban J connectivity index is 2.05. The van der Waals surface area contributed by atoms with Gasteiger partial charge in [0.2, 0.25) is 5.36 Å². The minimum Gasteiger partial charge on any atom is -0.545 e. The van der Waals surface area contributed by atoms with Gasteiger partial charge in [-0.15, -0.1) is 0 Å². The Kier molecular flexibility index (Phi) is 6.07. The van der Waals surface area contributed by atoms with E-state index >= 15 is 0 Å². The van der Waals surface area contributed by atoms with Crippen molar-refractivity contribution in [1.82, 2.24) is 9.14 Å². The summed E-state index contributed by atoms with van der Waals surface area (Å²) in [6, 6.07) is 18.4. The molecular formula is C30H29N3O4. The predicted molar refractivity (Wildman–Crippen MR) is 147 cm³/mol. The number of aryl methyl sites for hydroxylation is 1. The van der Waals surface area contributed by atoms with Crippen molar-refractivity contribution in [3.63, 3.8) is 0 Å². The molecule has 3 aromatic carbocycles. The first kappa shape index (κ1) is 24.3. The number of benzene rings is 3. The molecule has 5 aromatic rings. The van der Waals surface area contributed by atoms with Crippen molar-refractivity contribution in [3.05, 3.63) is 81.9 Å². The van der Waals surface area contributed by atoms with Gasteiger partial charge in [-0.1, -0.05) is 24.3 Å². The van der Waals surface area contributed by atoms with Crippen LogP contribution in [0.2, 0.25) is 0 Å². The average Bonchev–Trinajstić information content (AvgIpc) is 2.90. The van der Waals surface area contributed by atoms with E-state index in [2.05, 4.69) is 18.7 Å². The zero-order valence-corrected chi connectivity index (χ0v) is 21.7. The maximum Gasteiger partial charge on any atom is 0.262 e. The molecule has 0 aliphatic carbocycles. The first-order chi connectivity index (χ1) is 17.8. The van der Waals surface area contributed by atoms with E-state index in [-0.39, 0.29) is 11.1 Å². The third kappa shape index (κ3) is 3.87. The van der Waals surface area contributed by atoms with Crippen LogP contribution in [0.1, 0.15) is 24.2 Å². The van der Waals surface area contributed by atoms with Crippen LogP contribution < -0.4 is 25.5 Å². The van der Waals surface area contributed by atoms with Crippen molar-refractivity contribution in [1.29, 1.82) is 0 Å². The van der Waals surface area contributed by atoms with Crippen molar-refractivity contribution in [2.75, 3.05) is 32.1 Å². The summed E-state index contributed by atoms with van der Waals surface area (Å²) in [6.07, 6.45) is 0. The molecule has 5 rings (SSSR count). The molecule has 0 saturated carbocycles. The van der Waals surface area contributed by atoms with Gasteiger partial charge in [0.05, 0.1) is 16.9 Å². The zero-order chi connectivity index (χ0) is 26.4. The lowest BCUT2D eigenvalue weighted by molar-refractivity contribution is -0.254. The number of aromatic nitrogens is 1. The first-order valence-corrected chi connectivity index (χ1v) is 12.4. The first-order valence-electron chi connectivity index (χ1n) is 12.4. The predicted octanol–water partition coefficient (Wildman–Crippen LogP) is 3.35. The molecule has 0 fully saturated rings. The normalized spacial score (nSPS) is 11.4. The molecule has 0 atom stereocenters. The van der Waals surface area contributed by atoms with E-state index in [4.69, 9.17) is 4.42 Å². The van der Waals surface area contributed by atoms with E-state index < -0.39 is 5.97 Å². The summed E-state index contributed by atoms with van der Waals surface area (Å²) in [4.78, 5) is 28.3. The molecule has 188 valence electrons. The SMILES string of the molecule is CCN(CC)c1ccc2c(-c3ccccc3C(=O)[O-])c3c(=O)n(C)c4cc(=[N+](C)C)ccc4c3oc2c1. The Bertz CT molecular complexity index is 1840. The van der Waals surface area contributed by atoms with Crippen molar-refractivity contribution in [2.24, 2.45) is 7.05 Å². The largest absolute Gasteiger partial charge is 0.545 e. The van der Waals surface area contributed by atoms with Gasteiger partial charge in [-0.25, -0.2) is 4.58 Å². The molecule has 7 nitrogen and oxygen atoms in total. The highest BCUT2D eigenvalue weighted by atomic mass is 16.4. The van der Waals surface area contributed by atoms with Gasteiger partial charge in [-0.05, 0) is 37.6 Å². The number of fused-ring (bicyclic) bond motifs is 4. The summed E-state index contributed by atoms with van der Waals surface area (Å²) in [7, 11) is 5.62. The van der Waals surface area contributed by atoms with Crippen LogP contribution in [0, 0.1) is 0 Å². The molecule has 0 aliphatic rings. The van der Waals surface area contributed by atoms with E-state index in [9.17, 15) is 14.7 Å². The minimum absolute atomic E-state index is 0.0224. The Hall–Kier alpha value is -4.39. The molecular weight excluding hydrogens is 466 g/mol. The van der Waals surface area contributed by atoms with Crippen LogP contribution in [0.25, 0.3) is 44.0 Å². The Morgan fingerprint density at radius 2 is 1.70 bits per heavy atom. The highest BCUT2D eigenvalue weighted by Gasteiger charge is 2.22. The van der Waals surface area contributed by atoms with Crippen LogP contribution in [0.15, 0.2) is 69.9 Å². The number of pyridine rings is 1. The lowest BCUT2D eigenvalue weighted by Crippen LogP contribution is -2.24. The van der Waals surface area contributed by atoms with Crippen molar-refractivity contribution < 1.29 is 14.3 Å². The molecule has 0 unspecified atom stereocenters. The van der Waals surface area contributed by atoms with Crippen LogP contribution in [-0.2, 0) is 7.05 Å². The number of hydrogen-bond acceptors (Lipinski definition) is 5. The van der Waals surface area contributed by atoms with Gasteiger partial charge in [0, 0.05) is 65.9 Å². The van der Waals surface area contributed by atoms with Crippen LogP contribution in [0.5, 0.6) is 0 Å². The zero-order valence-electron chi connectivity index (χ0n) is 21.7. The number of anilines is 1. The van der Waals surface area contributed by atoms with Gasteiger partial charge in [-0.2, -0.15) is 0 Å². The lowest BCUT2D eigenvalue weighted by Gasteiger charge is -2.22. The van der Waals surface area contributed by atoms with Gasteiger partial charge in [0.25, 0.3) is 5.56 Å². The average molecular weight is 496 g/mol. The minimum atomic E-state index is -1.30. The van der Waals surface area contributed by atoms with Gasteiger partial charge in [-0.3, -0.25) is 4.79 Å². The quantitative estimate of drug-likeness (QED) is 0.212. The van der Waals surface area contributed by atoms with E-state index in [1.165, 1.54) is 6.07 Å². The Labute approximate surface area is 214 Å². The molecule has 2 heterocycles. The monoisotopic (exact) mass is 495 g/mol. The summed E-state index contributed by atoms with van der Waals surface area (Å²) in [6.45, 7) is 5.83. The molecule has 0 radical (unpaired) electrons. The summed E-state index contributed by atoms with van der Waals surface area (Å²) in [5.41, 5.74) is 3.43. The van der Waals surface area contributed by atoms with Crippen LogP contribution >= 0.6 is 0 Å². The van der Waals surface area contributed by atoms with E-state index in [0.717, 1.165) is 35.0 Å². The molecule has 0 amide bonds. The second-order valence-electron chi connectivity index (χ2n) is 9.33. The van der Waals surface area contributed by atoms with Crippen molar-refractivity contribution >= 4 is 44.5 Å². The smallest absolute Gasteiger partial charge is 0.262 e. The standard InChI is InChI=1S/C30H29N3O4/c1-6-33(7-2)19-13-15-23-25(17-19)37-28-22-14-12-18(31(3)4)16-24(22)32(5)29(34)27(28)26(23)20-10-8-9-11-21(20)30(35)36/h8-17H,6-7H2,1-5H3. The topological polar surface area (TPSA) is 81.5 Å². The summed E-state index contributed by atoms with van der Waals surface area (Å²) >= 11 is 0. The second kappa shape index (κ2) is 9.24. The number of rotatable bonds is 5. The van der Waals surface area contributed by atoms with E-state index in [1.54, 1.807) is 29.8 Å². The fraction of sp³-hybridized carbons (Fsp3) is 0.233. The van der Waals surface area contributed by atoms with Gasteiger partial charge < -0.3 is 23.8 Å². The fourth-order valence-electron chi connectivity index (χ4n) is 5.09. The number of aromatic carboxylic acids is 1. The molecule has 0 saturated heterocycles. The highest BCUT2D eigenvalue weighted by molar-refractivity contribution is 6.16. The number of carbonyl (C=O) groups is 1. The second-order valence-corrected chi connectivity index (χ2v) is 9.33. The fourth-order valence-corrected chi connectivity index (χ4v) is 5.09.